The Bertz CT molecular complexity index is 329. The highest BCUT2D eigenvalue weighted by Crippen LogP contribution is 2.32. The number of halogens is 1. The molecule has 0 unspecified atom stereocenters. The molecule has 0 atom stereocenters. The number of hydrogen-bond acceptors (Lipinski definition) is 3. The van der Waals surface area contributed by atoms with Gasteiger partial charge in [-0.15, -0.1) is 0 Å². The summed E-state index contributed by atoms with van der Waals surface area (Å²) < 4.78 is 23.4. The van der Waals surface area contributed by atoms with Gasteiger partial charge in [-0.05, 0) is 25.5 Å². The number of ether oxygens (including phenoxy) is 2. The average molecular weight is 213 g/mol. The van der Waals surface area contributed by atoms with E-state index in [-0.39, 0.29) is 5.82 Å². The van der Waals surface area contributed by atoms with E-state index in [1.165, 1.54) is 19.2 Å². The van der Waals surface area contributed by atoms with Crippen molar-refractivity contribution in [1.29, 1.82) is 0 Å². The zero-order valence-corrected chi connectivity index (χ0v) is 9.05. The van der Waals surface area contributed by atoms with Gasteiger partial charge < -0.3 is 15.2 Å². The van der Waals surface area contributed by atoms with Crippen LogP contribution in [0, 0.1) is 5.82 Å². The van der Waals surface area contributed by atoms with E-state index < -0.39 is 0 Å². The second kappa shape index (κ2) is 5.56. The smallest absolute Gasteiger partial charge is 0.164 e. The fourth-order valence-corrected chi connectivity index (χ4v) is 1.48. The van der Waals surface area contributed by atoms with Crippen molar-refractivity contribution in [2.24, 2.45) is 5.73 Å². The van der Waals surface area contributed by atoms with E-state index in [1.54, 1.807) is 7.11 Å². The minimum atomic E-state index is -0.320. The molecule has 0 aliphatic heterocycles. The van der Waals surface area contributed by atoms with Gasteiger partial charge in [-0.2, -0.15) is 0 Å². The molecule has 0 fully saturated rings. The van der Waals surface area contributed by atoms with E-state index in [4.69, 9.17) is 15.2 Å². The van der Waals surface area contributed by atoms with Crippen molar-refractivity contribution in [1.82, 2.24) is 0 Å². The molecule has 3 nitrogen and oxygen atoms in total. The normalized spacial score (nSPS) is 10.1. The van der Waals surface area contributed by atoms with Crippen molar-refractivity contribution < 1.29 is 13.9 Å². The van der Waals surface area contributed by atoms with Crippen LogP contribution in [-0.2, 0) is 6.42 Å². The van der Waals surface area contributed by atoms with Gasteiger partial charge >= 0.3 is 0 Å². The second-order valence-corrected chi connectivity index (χ2v) is 3.19. The van der Waals surface area contributed by atoms with Crippen molar-refractivity contribution in [2.45, 2.75) is 12.8 Å². The maximum absolute atomic E-state index is 13.2. The SMILES string of the molecule is COc1cc(F)cc(CCCN)c1OC. The molecular formula is C11H16FNO2. The van der Waals surface area contributed by atoms with Crippen molar-refractivity contribution in [2.75, 3.05) is 20.8 Å². The van der Waals surface area contributed by atoms with Gasteiger partial charge in [0.25, 0.3) is 0 Å². The largest absolute Gasteiger partial charge is 0.493 e. The third-order valence-corrected chi connectivity index (χ3v) is 2.17. The van der Waals surface area contributed by atoms with Crippen LogP contribution in [0.3, 0.4) is 0 Å². The van der Waals surface area contributed by atoms with E-state index in [0.29, 0.717) is 24.5 Å². The average Bonchev–Trinajstić information content (AvgIpc) is 2.25. The molecule has 0 radical (unpaired) electrons. The lowest BCUT2D eigenvalue weighted by Crippen LogP contribution is -2.03. The van der Waals surface area contributed by atoms with Gasteiger partial charge in [-0.3, -0.25) is 0 Å². The first-order chi connectivity index (χ1) is 7.22. The molecule has 0 aliphatic carbocycles. The molecular weight excluding hydrogens is 197 g/mol. The van der Waals surface area contributed by atoms with Crippen molar-refractivity contribution >= 4 is 0 Å². The summed E-state index contributed by atoms with van der Waals surface area (Å²) in [5, 5.41) is 0. The molecule has 0 saturated heterocycles. The molecule has 0 aliphatic rings. The zero-order chi connectivity index (χ0) is 11.3. The van der Waals surface area contributed by atoms with Gasteiger partial charge in [0.05, 0.1) is 14.2 Å². The van der Waals surface area contributed by atoms with Crippen LogP contribution in [-0.4, -0.2) is 20.8 Å². The Morgan fingerprint density at radius 1 is 1.27 bits per heavy atom. The minimum Gasteiger partial charge on any atom is -0.493 e. The van der Waals surface area contributed by atoms with E-state index in [9.17, 15) is 4.39 Å². The zero-order valence-electron chi connectivity index (χ0n) is 9.05. The van der Waals surface area contributed by atoms with E-state index in [1.807, 2.05) is 0 Å². The van der Waals surface area contributed by atoms with E-state index in [2.05, 4.69) is 0 Å². The minimum absolute atomic E-state index is 0.320. The Kier molecular flexibility index (Phi) is 4.37. The first kappa shape index (κ1) is 11.8. The fourth-order valence-electron chi connectivity index (χ4n) is 1.48. The van der Waals surface area contributed by atoms with Crippen LogP contribution in [0.15, 0.2) is 12.1 Å². The van der Waals surface area contributed by atoms with Crippen molar-refractivity contribution in [3.05, 3.63) is 23.5 Å². The predicted octanol–water partition coefficient (Wildman–Crippen LogP) is 1.73. The summed E-state index contributed by atoms with van der Waals surface area (Å²) in [4.78, 5) is 0. The van der Waals surface area contributed by atoms with Crippen LogP contribution in [0.4, 0.5) is 4.39 Å². The quantitative estimate of drug-likeness (QED) is 0.810. The molecule has 1 aromatic rings. The summed E-state index contributed by atoms with van der Waals surface area (Å²) in [6.07, 6.45) is 1.48. The standard InChI is InChI=1S/C11H16FNO2/c1-14-10-7-9(12)6-8(4-3-5-13)11(10)15-2/h6-7H,3-5,13H2,1-2H3. The Labute approximate surface area is 89.0 Å². The van der Waals surface area contributed by atoms with Gasteiger partial charge in [0.15, 0.2) is 11.5 Å². The molecule has 1 aromatic carbocycles. The Morgan fingerprint density at radius 3 is 2.53 bits per heavy atom. The molecule has 1 rings (SSSR count). The second-order valence-electron chi connectivity index (χ2n) is 3.19. The monoisotopic (exact) mass is 213 g/mol. The van der Waals surface area contributed by atoms with Crippen LogP contribution in [0.2, 0.25) is 0 Å². The summed E-state index contributed by atoms with van der Waals surface area (Å²) in [6, 6.07) is 2.77. The molecule has 84 valence electrons. The highest BCUT2D eigenvalue weighted by atomic mass is 19.1. The molecule has 0 amide bonds. The summed E-state index contributed by atoms with van der Waals surface area (Å²) in [5.74, 6) is 0.691. The first-order valence-electron chi connectivity index (χ1n) is 4.83. The fraction of sp³-hybridized carbons (Fsp3) is 0.455. The molecule has 0 bridgehead atoms. The van der Waals surface area contributed by atoms with Crippen molar-refractivity contribution in [3.8, 4) is 11.5 Å². The topological polar surface area (TPSA) is 44.5 Å². The lowest BCUT2D eigenvalue weighted by atomic mass is 10.1. The van der Waals surface area contributed by atoms with E-state index in [0.717, 1.165) is 12.0 Å². The Balaban J connectivity index is 3.05. The summed E-state index contributed by atoms with van der Waals surface area (Å²) >= 11 is 0. The molecule has 4 heteroatoms. The van der Waals surface area contributed by atoms with Crippen LogP contribution in [0.5, 0.6) is 11.5 Å². The maximum atomic E-state index is 13.2. The first-order valence-corrected chi connectivity index (χ1v) is 4.83. The van der Waals surface area contributed by atoms with Gasteiger partial charge in [-0.25, -0.2) is 4.39 Å². The van der Waals surface area contributed by atoms with Gasteiger partial charge in [-0.1, -0.05) is 0 Å². The molecule has 2 N–H and O–H groups in total. The number of rotatable bonds is 5. The van der Waals surface area contributed by atoms with Crippen LogP contribution in [0.25, 0.3) is 0 Å². The number of aryl methyl sites for hydroxylation is 1. The third kappa shape index (κ3) is 2.83. The molecule has 0 aromatic heterocycles. The molecule has 0 spiro atoms. The lowest BCUT2D eigenvalue weighted by Gasteiger charge is -2.12. The third-order valence-electron chi connectivity index (χ3n) is 2.17. The highest BCUT2D eigenvalue weighted by Gasteiger charge is 2.11. The summed E-state index contributed by atoms with van der Waals surface area (Å²) in [5.41, 5.74) is 6.20. The summed E-state index contributed by atoms with van der Waals surface area (Å²) in [6.45, 7) is 0.571. The van der Waals surface area contributed by atoms with Gasteiger partial charge in [0.2, 0.25) is 0 Å². The van der Waals surface area contributed by atoms with Crippen LogP contribution >= 0.6 is 0 Å². The van der Waals surface area contributed by atoms with Crippen molar-refractivity contribution in [3.63, 3.8) is 0 Å². The highest BCUT2D eigenvalue weighted by molar-refractivity contribution is 5.47. The predicted molar refractivity (Wildman–Crippen MR) is 56.9 cm³/mol. The van der Waals surface area contributed by atoms with Crippen LogP contribution < -0.4 is 15.2 Å². The van der Waals surface area contributed by atoms with E-state index >= 15 is 0 Å². The Hall–Kier alpha value is -1.29. The molecule has 15 heavy (non-hydrogen) atoms. The number of benzene rings is 1. The van der Waals surface area contributed by atoms with Gasteiger partial charge in [0.1, 0.15) is 5.82 Å². The number of methoxy groups -OCH3 is 2. The Morgan fingerprint density at radius 2 is 2.00 bits per heavy atom. The number of nitrogens with two attached hydrogens (primary N) is 1. The summed E-state index contributed by atoms with van der Waals surface area (Å²) in [7, 11) is 3.03. The lowest BCUT2D eigenvalue weighted by molar-refractivity contribution is 0.348. The molecule has 0 heterocycles. The number of hydrogen-bond donors (Lipinski definition) is 1. The maximum Gasteiger partial charge on any atom is 0.164 e. The molecule has 0 saturated carbocycles. The van der Waals surface area contributed by atoms with Gasteiger partial charge in [0, 0.05) is 11.6 Å². The van der Waals surface area contributed by atoms with Crippen LogP contribution in [0.1, 0.15) is 12.0 Å².